The van der Waals surface area contributed by atoms with Gasteiger partial charge in [-0.1, -0.05) is 24.3 Å². The van der Waals surface area contributed by atoms with Gasteiger partial charge in [-0.2, -0.15) is 13.2 Å². The van der Waals surface area contributed by atoms with Crippen LogP contribution >= 0.6 is 0 Å². The Labute approximate surface area is 155 Å². The summed E-state index contributed by atoms with van der Waals surface area (Å²) in [6.07, 6.45) is -3.34. The van der Waals surface area contributed by atoms with Crippen molar-refractivity contribution in [3.8, 4) is 0 Å². The van der Waals surface area contributed by atoms with Crippen molar-refractivity contribution in [1.29, 1.82) is 0 Å². The molecule has 2 aromatic rings. The van der Waals surface area contributed by atoms with E-state index in [-0.39, 0.29) is 12.5 Å². The van der Waals surface area contributed by atoms with Crippen molar-refractivity contribution >= 4 is 11.6 Å². The zero-order chi connectivity index (χ0) is 19.5. The molecule has 1 aliphatic heterocycles. The third kappa shape index (κ3) is 4.42. The SMILES string of the molecule is Nc1cccc(C(=O)NCC2(c3cccc(C(F)(F)F)c3)CCOCC2)c1. The van der Waals surface area contributed by atoms with E-state index in [0.717, 1.165) is 6.07 Å². The first-order valence-corrected chi connectivity index (χ1v) is 8.69. The summed E-state index contributed by atoms with van der Waals surface area (Å²) in [5.74, 6) is -0.305. The Bertz CT molecular complexity index is 815. The molecular weight excluding hydrogens is 357 g/mol. The van der Waals surface area contributed by atoms with Gasteiger partial charge in [-0.15, -0.1) is 0 Å². The summed E-state index contributed by atoms with van der Waals surface area (Å²) < 4.78 is 44.8. The number of alkyl halides is 3. The first-order chi connectivity index (χ1) is 12.8. The minimum Gasteiger partial charge on any atom is -0.399 e. The van der Waals surface area contributed by atoms with E-state index in [0.29, 0.717) is 42.9 Å². The molecule has 1 aliphatic rings. The number of halogens is 3. The third-order valence-electron chi connectivity index (χ3n) is 4.99. The maximum absolute atomic E-state index is 13.1. The molecule has 1 fully saturated rings. The van der Waals surface area contributed by atoms with E-state index >= 15 is 0 Å². The molecule has 27 heavy (non-hydrogen) atoms. The lowest BCUT2D eigenvalue weighted by Crippen LogP contribution is -2.44. The number of rotatable bonds is 4. The van der Waals surface area contributed by atoms with E-state index in [1.807, 2.05) is 0 Å². The topological polar surface area (TPSA) is 64.4 Å². The molecule has 1 amide bonds. The second-order valence-electron chi connectivity index (χ2n) is 6.78. The number of carbonyl (C=O) groups is 1. The highest BCUT2D eigenvalue weighted by molar-refractivity contribution is 5.95. The van der Waals surface area contributed by atoms with E-state index in [9.17, 15) is 18.0 Å². The van der Waals surface area contributed by atoms with Gasteiger partial charge in [0, 0.05) is 36.4 Å². The lowest BCUT2D eigenvalue weighted by Gasteiger charge is -2.38. The molecule has 0 aromatic heterocycles. The molecular formula is C20H21F3N2O2. The number of carbonyl (C=O) groups excluding carboxylic acids is 1. The molecule has 1 saturated heterocycles. The summed E-state index contributed by atoms with van der Waals surface area (Å²) in [4.78, 5) is 12.5. The standard InChI is InChI=1S/C20H21F3N2O2/c21-20(22,23)16-5-2-4-15(12-16)19(7-9-27-10-8-19)13-25-18(26)14-3-1-6-17(24)11-14/h1-6,11-12H,7-10,13,24H2,(H,25,26). The van der Waals surface area contributed by atoms with Crippen LogP contribution in [0.4, 0.5) is 18.9 Å². The van der Waals surface area contributed by atoms with Gasteiger partial charge in [0.2, 0.25) is 0 Å². The molecule has 3 rings (SSSR count). The van der Waals surface area contributed by atoms with Crippen LogP contribution < -0.4 is 11.1 Å². The molecule has 0 spiro atoms. The molecule has 4 nitrogen and oxygen atoms in total. The fraction of sp³-hybridized carbons (Fsp3) is 0.350. The van der Waals surface area contributed by atoms with Crippen molar-refractivity contribution in [3.05, 3.63) is 65.2 Å². The quantitative estimate of drug-likeness (QED) is 0.796. The van der Waals surface area contributed by atoms with Gasteiger partial charge in [-0.3, -0.25) is 4.79 Å². The van der Waals surface area contributed by atoms with Crippen molar-refractivity contribution in [2.45, 2.75) is 24.4 Å². The van der Waals surface area contributed by atoms with E-state index < -0.39 is 17.2 Å². The average Bonchev–Trinajstić information content (AvgIpc) is 2.66. The van der Waals surface area contributed by atoms with Crippen molar-refractivity contribution in [1.82, 2.24) is 5.32 Å². The smallest absolute Gasteiger partial charge is 0.399 e. The number of nitrogen functional groups attached to an aromatic ring is 1. The van der Waals surface area contributed by atoms with Crippen LogP contribution in [0.2, 0.25) is 0 Å². The second-order valence-corrected chi connectivity index (χ2v) is 6.78. The fourth-order valence-corrected chi connectivity index (χ4v) is 3.39. The van der Waals surface area contributed by atoms with E-state index in [2.05, 4.69) is 5.32 Å². The number of hydrogen-bond donors (Lipinski definition) is 2. The summed E-state index contributed by atoms with van der Waals surface area (Å²) in [5, 5.41) is 2.86. The lowest BCUT2D eigenvalue weighted by molar-refractivity contribution is -0.137. The lowest BCUT2D eigenvalue weighted by atomic mass is 9.73. The fourth-order valence-electron chi connectivity index (χ4n) is 3.39. The number of hydrogen-bond acceptors (Lipinski definition) is 3. The normalized spacial score (nSPS) is 16.7. The Morgan fingerprint density at radius 1 is 1.11 bits per heavy atom. The first kappa shape index (κ1) is 19.2. The maximum atomic E-state index is 13.1. The molecule has 1 heterocycles. The van der Waals surface area contributed by atoms with Crippen molar-refractivity contribution < 1.29 is 22.7 Å². The first-order valence-electron chi connectivity index (χ1n) is 8.69. The third-order valence-corrected chi connectivity index (χ3v) is 4.99. The average molecular weight is 378 g/mol. The molecule has 7 heteroatoms. The Balaban J connectivity index is 1.84. The minimum atomic E-state index is -4.41. The van der Waals surface area contributed by atoms with Gasteiger partial charge in [0.1, 0.15) is 0 Å². The summed E-state index contributed by atoms with van der Waals surface area (Å²) in [6, 6.07) is 11.9. The van der Waals surface area contributed by atoms with Crippen LogP contribution in [0.1, 0.15) is 34.3 Å². The van der Waals surface area contributed by atoms with Gasteiger partial charge >= 0.3 is 6.18 Å². The number of ether oxygens (including phenoxy) is 1. The number of benzene rings is 2. The molecule has 0 unspecified atom stereocenters. The van der Waals surface area contributed by atoms with E-state index in [1.54, 1.807) is 30.3 Å². The maximum Gasteiger partial charge on any atom is 0.416 e. The largest absolute Gasteiger partial charge is 0.416 e. The van der Waals surface area contributed by atoms with Gasteiger partial charge in [0.25, 0.3) is 5.91 Å². The highest BCUT2D eigenvalue weighted by atomic mass is 19.4. The molecule has 0 bridgehead atoms. The Morgan fingerprint density at radius 3 is 2.48 bits per heavy atom. The van der Waals surface area contributed by atoms with Gasteiger partial charge in [-0.25, -0.2) is 0 Å². The molecule has 2 aromatic carbocycles. The molecule has 0 radical (unpaired) electrons. The van der Waals surface area contributed by atoms with Crippen LogP contribution in [0, 0.1) is 0 Å². The second kappa shape index (κ2) is 7.60. The molecule has 144 valence electrons. The Hall–Kier alpha value is -2.54. The molecule has 0 atom stereocenters. The molecule has 0 saturated carbocycles. The summed E-state index contributed by atoms with van der Waals surface area (Å²) in [5.41, 5.74) is 5.87. The Kier molecular flexibility index (Phi) is 5.41. The van der Waals surface area contributed by atoms with Gasteiger partial charge < -0.3 is 15.8 Å². The molecule has 3 N–H and O–H groups in total. The van der Waals surface area contributed by atoms with Crippen LogP contribution in [0.25, 0.3) is 0 Å². The predicted octanol–water partition coefficient (Wildman–Crippen LogP) is 3.77. The van der Waals surface area contributed by atoms with Gasteiger partial charge in [0.05, 0.1) is 5.56 Å². The monoisotopic (exact) mass is 378 g/mol. The highest BCUT2D eigenvalue weighted by Crippen LogP contribution is 2.37. The number of nitrogens with two attached hydrogens (primary N) is 1. The van der Waals surface area contributed by atoms with Crippen molar-refractivity contribution in [2.24, 2.45) is 0 Å². The van der Waals surface area contributed by atoms with Gasteiger partial charge in [0.15, 0.2) is 0 Å². The van der Waals surface area contributed by atoms with E-state index in [4.69, 9.17) is 10.5 Å². The van der Waals surface area contributed by atoms with Crippen LogP contribution in [0.3, 0.4) is 0 Å². The predicted molar refractivity (Wildman–Crippen MR) is 96.4 cm³/mol. The number of amides is 1. The summed E-state index contributed by atoms with van der Waals surface area (Å²) in [6.45, 7) is 1.10. The van der Waals surface area contributed by atoms with Crippen LogP contribution in [-0.2, 0) is 16.3 Å². The van der Waals surface area contributed by atoms with Crippen molar-refractivity contribution in [3.63, 3.8) is 0 Å². The summed E-state index contributed by atoms with van der Waals surface area (Å²) >= 11 is 0. The minimum absolute atomic E-state index is 0.227. The molecule has 0 aliphatic carbocycles. The Morgan fingerprint density at radius 2 is 1.81 bits per heavy atom. The van der Waals surface area contributed by atoms with E-state index in [1.165, 1.54) is 12.1 Å². The summed E-state index contributed by atoms with van der Waals surface area (Å²) in [7, 11) is 0. The highest BCUT2D eigenvalue weighted by Gasteiger charge is 2.37. The van der Waals surface area contributed by atoms with Gasteiger partial charge in [-0.05, 0) is 42.7 Å². The van der Waals surface area contributed by atoms with Crippen LogP contribution in [-0.4, -0.2) is 25.7 Å². The zero-order valence-corrected chi connectivity index (χ0v) is 14.7. The van der Waals surface area contributed by atoms with Crippen molar-refractivity contribution in [2.75, 3.05) is 25.5 Å². The zero-order valence-electron chi connectivity index (χ0n) is 14.7. The van der Waals surface area contributed by atoms with Crippen LogP contribution in [0.15, 0.2) is 48.5 Å². The number of anilines is 1. The number of nitrogens with one attached hydrogen (secondary N) is 1. The van der Waals surface area contributed by atoms with Crippen LogP contribution in [0.5, 0.6) is 0 Å².